The van der Waals surface area contributed by atoms with Gasteiger partial charge >= 0.3 is 0 Å². The number of nitrogens with one attached hydrogen (secondary N) is 1. The zero-order valence-electron chi connectivity index (χ0n) is 19.0. The summed E-state index contributed by atoms with van der Waals surface area (Å²) in [5, 5.41) is 7.05. The summed E-state index contributed by atoms with van der Waals surface area (Å²) in [6.07, 6.45) is 5.34. The van der Waals surface area contributed by atoms with Crippen LogP contribution in [0, 0.1) is 18.6 Å². The summed E-state index contributed by atoms with van der Waals surface area (Å²) in [4.78, 5) is 17.1. The Morgan fingerprint density at radius 1 is 1.12 bits per heavy atom. The molecule has 1 amide bonds. The van der Waals surface area contributed by atoms with Gasteiger partial charge in [0.15, 0.2) is 0 Å². The molecule has 4 rings (SSSR count). The lowest BCUT2D eigenvalue weighted by Gasteiger charge is -2.13. The van der Waals surface area contributed by atoms with E-state index in [0.717, 1.165) is 17.3 Å². The zero-order valence-corrected chi connectivity index (χ0v) is 19.0. The van der Waals surface area contributed by atoms with Crippen LogP contribution in [0.3, 0.4) is 0 Å². The maximum atomic E-state index is 13.4. The molecule has 34 heavy (non-hydrogen) atoms. The van der Waals surface area contributed by atoms with E-state index < -0.39 is 11.6 Å². The maximum Gasteiger partial charge on any atom is 0.251 e. The van der Waals surface area contributed by atoms with Gasteiger partial charge in [-0.3, -0.25) is 14.5 Å². The van der Waals surface area contributed by atoms with E-state index in [1.54, 1.807) is 43.6 Å². The Morgan fingerprint density at radius 2 is 1.88 bits per heavy atom. The number of aromatic nitrogens is 3. The van der Waals surface area contributed by atoms with E-state index in [0.29, 0.717) is 28.2 Å². The quantitative estimate of drug-likeness (QED) is 0.375. The third kappa shape index (κ3) is 5.28. The van der Waals surface area contributed by atoms with E-state index in [-0.39, 0.29) is 18.5 Å². The molecule has 0 saturated heterocycles. The van der Waals surface area contributed by atoms with Crippen molar-refractivity contribution in [3.8, 4) is 22.8 Å². The average molecular weight is 463 g/mol. The number of pyridine rings is 1. The number of rotatable bonds is 7. The van der Waals surface area contributed by atoms with Gasteiger partial charge in [0.2, 0.25) is 0 Å². The van der Waals surface area contributed by atoms with Gasteiger partial charge in [0.25, 0.3) is 5.91 Å². The summed E-state index contributed by atoms with van der Waals surface area (Å²) >= 11 is 0. The number of ether oxygens (including phenoxy) is 1. The fourth-order valence-corrected chi connectivity index (χ4v) is 3.47. The van der Waals surface area contributed by atoms with Gasteiger partial charge in [-0.1, -0.05) is 6.07 Å². The van der Waals surface area contributed by atoms with Crippen LogP contribution in [0.25, 0.3) is 11.3 Å². The predicted molar refractivity (Wildman–Crippen MR) is 125 cm³/mol. The second kappa shape index (κ2) is 9.82. The molecule has 0 aliphatic carbocycles. The minimum absolute atomic E-state index is 0.00415. The summed E-state index contributed by atoms with van der Waals surface area (Å²) in [6.45, 7) is 5.87. The summed E-state index contributed by atoms with van der Waals surface area (Å²) in [7, 11) is 0. The van der Waals surface area contributed by atoms with Crippen molar-refractivity contribution in [1.82, 2.24) is 20.1 Å². The Hall–Kier alpha value is -4.07. The topological polar surface area (TPSA) is 69.0 Å². The van der Waals surface area contributed by atoms with E-state index in [1.807, 2.05) is 30.8 Å². The molecule has 0 unspecified atom stereocenters. The molecule has 4 aromatic rings. The first-order valence-electron chi connectivity index (χ1n) is 10.8. The lowest BCUT2D eigenvalue weighted by Crippen LogP contribution is -2.23. The second-order valence-corrected chi connectivity index (χ2v) is 8.17. The number of benzene rings is 2. The van der Waals surface area contributed by atoms with Gasteiger partial charge in [-0.25, -0.2) is 8.78 Å². The number of halogens is 2. The summed E-state index contributed by atoms with van der Waals surface area (Å²) in [5.74, 6) is -0.671. The summed E-state index contributed by atoms with van der Waals surface area (Å²) < 4.78 is 34.7. The van der Waals surface area contributed by atoms with Crippen molar-refractivity contribution in [2.45, 2.75) is 33.4 Å². The normalized spacial score (nSPS) is 11.0. The minimum atomic E-state index is -0.691. The van der Waals surface area contributed by atoms with Gasteiger partial charge in [-0.15, -0.1) is 0 Å². The Bertz CT molecular complexity index is 1310. The van der Waals surface area contributed by atoms with Gasteiger partial charge in [0.1, 0.15) is 23.1 Å². The van der Waals surface area contributed by atoms with E-state index in [4.69, 9.17) is 4.74 Å². The molecule has 0 atom stereocenters. The van der Waals surface area contributed by atoms with Gasteiger partial charge in [0, 0.05) is 53.8 Å². The van der Waals surface area contributed by atoms with Crippen molar-refractivity contribution in [3.63, 3.8) is 0 Å². The molecule has 0 bridgehead atoms. The Kier molecular flexibility index (Phi) is 6.67. The van der Waals surface area contributed by atoms with Crippen LogP contribution in [0.5, 0.6) is 11.5 Å². The van der Waals surface area contributed by atoms with Crippen molar-refractivity contribution >= 4 is 5.91 Å². The van der Waals surface area contributed by atoms with Crippen molar-refractivity contribution in [2.75, 3.05) is 0 Å². The third-order valence-corrected chi connectivity index (χ3v) is 5.29. The molecule has 174 valence electrons. The average Bonchev–Trinajstić information content (AvgIpc) is 3.29. The summed E-state index contributed by atoms with van der Waals surface area (Å²) in [6, 6.07) is 12.1. The molecular formula is C26H24F2N4O2. The molecule has 0 aliphatic heterocycles. The van der Waals surface area contributed by atoms with Crippen LogP contribution in [0.4, 0.5) is 8.78 Å². The Balaban J connectivity index is 1.50. The largest absolute Gasteiger partial charge is 0.457 e. The fraction of sp³-hybridized carbons (Fsp3) is 0.192. The molecule has 2 aromatic heterocycles. The molecule has 1 N–H and O–H groups in total. The van der Waals surface area contributed by atoms with Crippen LogP contribution in [-0.4, -0.2) is 20.7 Å². The molecule has 2 aromatic carbocycles. The third-order valence-electron chi connectivity index (χ3n) is 5.29. The van der Waals surface area contributed by atoms with E-state index in [2.05, 4.69) is 15.4 Å². The Morgan fingerprint density at radius 3 is 2.59 bits per heavy atom. The van der Waals surface area contributed by atoms with Gasteiger partial charge in [0.05, 0.1) is 11.9 Å². The molecule has 8 heteroatoms. The first kappa shape index (κ1) is 23.1. The molecular weight excluding hydrogens is 438 g/mol. The van der Waals surface area contributed by atoms with Crippen LogP contribution in [0.15, 0.2) is 67.1 Å². The predicted octanol–water partition coefficient (Wildman–Crippen LogP) is 5.83. The molecule has 0 saturated carbocycles. The Labute approximate surface area is 196 Å². The zero-order chi connectivity index (χ0) is 24.2. The van der Waals surface area contributed by atoms with Crippen molar-refractivity contribution in [2.24, 2.45) is 0 Å². The van der Waals surface area contributed by atoms with Crippen molar-refractivity contribution in [1.29, 1.82) is 0 Å². The van der Waals surface area contributed by atoms with Crippen LogP contribution in [0.2, 0.25) is 0 Å². The maximum absolute atomic E-state index is 13.4. The molecule has 6 nitrogen and oxygen atoms in total. The highest BCUT2D eigenvalue weighted by atomic mass is 19.1. The van der Waals surface area contributed by atoms with Crippen LogP contribution in [0.1, 0.15) is 41.4 Å². The lowest BCUT2D eigenvalue weighted by molar-refractivity contribution is 0.0950. The summed E-state index contributed by atoms with van der Waals surface area (Å²) in [5.41, 5.74) is 2.97. The number of nitrogens with zero attached hydrogens (tertiary/aromatic N) is 3. The van der Waals surface area contributed by atoms with Gasteiger partial charge in [-0.05, 0) is 56.7 Å². The van der Waals surface area contributed by atoms with Crippen LogP contribution < -0.4 is 10.1 Å². The van der Waals surface area contributed by atoms with Crippen molar-refractivity contribution in [3.05, 3.63) is 95.4 Å². The second-order valence-electron chi connectivity index (χ2n) is 8.17. The molecule has 0 aliphatic rings. The van der Waals surface area contributed by atoms with Crippen LogP contribution in [-0.2, 0) is 6.54 Å². The van der Waals surface area contributed by atoms with Gasteiger partial charge in [-0.2, -0.15) is 5.10 Å². The molecule has 2 heterocycles. The highest BCUT2D eigenvalue weighted by Crippen LogP contribution is 2.29. The number of hydrogen-bond donors (Lipinski definition) is 1. The van der Waals surface area contributed by atoms with E-state index in [1.165, 1.54) is 12.1 Å². The highest BCUT2D eigenvalue weighted by molar-refractivity contribution is 5.96. The monoisotopic (exact) mass is 462 g/mol. The van der Waals surface area contributed by atoms with Gasteiger partial charge < -0.3 is 10.1 Å². The van der Waals surface area contributed by atoms with E-state index in [9.17, 15) is 13.6 Å². The number of hydrogen-bond acceptors (Lipinski definition) is 4. The molecule has 0 spiro atoms. The first-order chi connectivity index (χ1) is 16.3. The number of amides is 1. The lowest BCUT2D eigenvalue weighted by atomic mass is 10.1. The van der Waals surface area contributed by atoms with Crippen molar-refractivity contribution < 1.29 is 18.3 Å². The highest BCUT2D eigenvalue weighted by Gasteiger charge is 2.14. The molecule has 0 fully saturated rings. The SMILES string of the molecule is Cc1c(Oc2ccnc(-c3cnn(C(C)C)c3)c2)cccc1C(=O)NCc1cc(F)cc(F)c1. The smallest absolute Gasteiger partial charge is 0.251 e. The standard InChI is InChI=1S/C26H24F2N4O2/c1-16(2)32-15-19(14-31-32)24-12-22(7-8-29-24)34-25-6-4-5-23(17(25)3)26(33)30-13-18-9-20(27)11-21(28)10-18/h4-12,14-16H,13H2,1-3H3,(H,30,33). The fourth-order valence-electron chi connectivity index (χ4n) is 3.47. The first-order valence-corrected chi connectivity index (χ1v) is 10.8. The van der Waals surface area contributed by atoms with E-state index >= 15 is 0 Å². The van der Waals surface area contributed by atoms with Crippen LogP contribution >= 0.6 is 0 Å². The number of carbonyl (C=O) groups excluding carboxylic acids is 1. The molecule has 0 radical (unpaired) electrons. The number of carbonyl (C=O) groups is 1. The minimum Gasteiger partial charge on any atom is -0.457 e.